The molecular weight excluding hydrogens is 264 g/mol. The maximum absolute atomic E-state index is 5.77. The van der Waals surface area contributed by atoms with Gasteiger partial charge in [-0.1, -0.05) is 43.0 Å². The van der Waals surface area contributed by atoms with Gasteiger partial charge in [0.1, 0.15) is 17.9 Å². The van der Waals surface area contributed by atoms with Gasteiger partial charge in [0.2, 0.25) is 0 Å². The molecule has 0 amide bonds. The maximum atomic E-state index is 5.77. The van der Waals surface area contributed by atoms with Crippen molar-refractivity contribution in [3.63, 3.8) is 0 Å². The molecule has 0 aliphatic carbocycles. The first-order valence-electron chi connectivity index (χ1n) is 6.69. The Labute approximate surface area is 123 Å². The molecule has 1 heterocycles. The summed E-state index contributed by atoms with van der Waals surface area (Å²) in [6.45, 7) is 4.10. The Bertz CT molecular complexity index is 763. The van der Waals surface area contributed by atoms with Gasteiger partial charge in [0.05, 0.1) is 12.6 Å². The van der Waals surface area contributed by atoms with E-state index in [1.54, 1.807) is 17.9 Å². The van der Waals surface area contributed by atoms with E-state index in [0.29, 0.717) is 6.61 Å². The molecule has 0 atom stereocenters. The van der Waals surface area contributed by atoms with E-state index < -0.39 is 0 Å². The number of imidazole rings is 1. The number of fused-ring (bicyclic) bond motifs is 1. The van der Waals surface area contributed by atoms with E-state index in [0.717, 1.165) is 28.2 Å². The first kappa shape index (κ1) is 13.2. The molecule has 3 rings (SSSR count). The molecular formula is C17H16N2O2. The molecule has 0 N–H and O–H groups in total. The smallest absolute Gasteiger partial charge is 0.176 e. The molecule has 0 unspecified atom stereocenters. The molecule has 0 saturated heterocycles. The summed E-state index contributed by atoms with van der Waals surface area (Å²) in [4.78, 5) is 10.4. The molecule has 0 spiro atoms. The van der Waals surface area contributed by atoms with Gasteiger partial charge in [0, 0.05) is 11.6 Å². The van der Waals surface area contributed by atoms with Gasteiger partial charge in [-0.25, -0.2) is 4.98 Å². The van der Waals surface area contributed by atoms with Crippen molar-refractivity contribution < 1.29 is 9.57 Å². The highest BCUT2D eigenvalue weighted by molar-refractivity contribution is 5.81. The van der Waals surface area contributed by atoms with Gasteiger partial charge in [-0.05, 0) is 12.1 Å². The van der Waals surface area contributed by atoms with Crippen molar-refractivity contribution in [3.05, 3.63) is 61.2 Å². The summed E-state index contributed by atoms with van der Waals surface area (Å²) in [5.74, 6) is 1.53. The fourth-order valence-electron chi connectivity index (χ4n) is 2.19. The van der Waals surface area contributed by atoms with Gasteiger partial charge in [-0.15, -0.1) is 0 Å². The molecule has 1 aromatic heterocycles. The van der Waals surface area contributed by atoms with Crippen LogP contribution in [0.4, 0.5) is 0 Å². The Morgan fingerprint density at radius 2 is 2.00 bits per heavy atom. The van der Waals surface area contributed by atoms with Crippen molar-refractivity contribution in [3.8, 4) is 17.1 Å². The highest BCUT2D eigenvalue weighted by Crippen LogP contribution is 2.26. The van der Waals surface area contributed by atoms with Gasteiger partial charge in [0.25, 0.3) is 0 Å². The second-order valence-electron chi connectivity index (χ2n) is 4.53. The van der Waals surface area contributed by atoms with Crippen LogP contribution in [0.2, 0.25) is 0 Å². The van der Waals surface area contributed by atoms with Crippen LogP contribution in [0.5, 0.6) is 5.75 Å². The summed E-state index contributed by atoms with van der Waals surface area (Å²) >= 11 is 0. The van der Waals surface area contributed by atoms with Crippen molar-refractivity contribution >= 4 is 11.0 Å². The molecule has 0 radical (unpaired) electrons. The van der Waals surface area contributed by atoms with Gasteiger partial charge >= 0.3 is 0 Å². The van der Waals surface area contributed by atoms with Crippen LogP contribution in [0.15, 0.2) is 61.2 Å². The van der Waals surface area contributed by atoms with E-state index in [1.165, 1.54) is 0 Å². The summed E-state index contributed by atoms with van der Waals surface area (Å²) < 4.78 is 7.01. The average Bonchev–Trinajstić information content (AvgIpc) is 2.91. The molecule has 4 nitrogen and oxygen atoms in total. The molecule has 106 valence electrons. The zero-order valence-electron chi connectivity index (χ0n) is 11.8. The summed E-state index contributed by atoms with van der Waals surface area (Å²) in [6.07, 6.45) is 1.71. The van der Waals surface area contributed by atoms with Gasteiger partial charge in [0.15, 0.2) is 5.82 Å². The topological polar surface area (TPSA) is 36.3 Å². The first-order chi connectivity index (χ1) is 10.3. The molecule has 21 heavy (non-hydrogen) atoms. The SMILES string of the molecule is C=CCOn1c(-c2ccccc2)nc2ccc(OC)cc21. The van der Waals surface area contributed by atoms with Crippen molar-refractivity contribution in [2.75, 3.05) is 13.7 Å². The van der Waals surface area contributed by atoms with Gasteiger partial charge in [-0.2, -0.15) is 4.73 Å². The van der Waals surface area contributed by atoms with Crippen molar-refractivity contribution in [1.29, 1.82) is 0 Å². The van der Waals surface area contributed by atoms with E-state index in [4.69, 9.17) is 9.57 Å². The molecule has 0 saturated carbocycles. The molecule has 4 heteroatoms. The lowest BCUT2D eigenvalue weighted by Crippen LogP contribution is -2.12. The lowest BCUT2D eigenvalue weighted by atomic mass is 10.2. The highest BCUT2D eigenvalue weighted by atomic mass is 16.7. The van der Waals surface area contributed by atoms with Crippen molar-refractivity contribution in [1.82, 2.24) is 9.71 Å². The van der Waals surface area contributed by atoms with Crippen LogP contribution in [-0.4, -0.2) is 23.4 Å². The standard InChI is InChI=1S/C17H16N2O2/c1-3-11-21-19-16-12-14(20-2)9-10-15(16)18-17(19)13-7-5-4-6-8-13/h3-10,12H,1,11H2,2H3. The normalized spacial score (nSPS) is 10.5. The fraction of sp³-hybridized carbons (Fsp3) is 0.118. The van der Waals surface area contributed by atoms with E-state index in [-0.39, 0.29) is 0 Å². The van der Waals surface area contributed by atoms with E-state index >= 15 is 0 Å². The number of rotatable bonds is 5. The Balaban J connectivity index is 2.20. The number of hydrogen-bond donors (Lipinski definition) is 0. The van der Waals surface area contributed by atoms with Crippen LogP contribution in [0, 0.1) is 0 Å². The Morgan fingerprint density at radius 3 is 2.71 bits per heavy atom. The fourth-order valence-corrected chi connectivity index (χ4v) is 2.19. The number of aromatic nitrogens is 2. The number of nitrogens with zero attached hydrogens (tertiary/aromatic N) is 2. The third-order valence-electron chi connectivity index (χ3n) is 3.17. The second kappa shape index (κ2) is 5.71. The zero-order chi connectivity index (χ0) is 14.7. The van der Waals surface area contributed by atoms with Crippen LogP contribution in [0.25, 0.3) is 22.4 Å². The molecule has 0 fully saturated rings. The Hall–Kier alpha value is -2.75. The predicted molar refractivity (Wildman–Crippen MR) is 83.4 cm³/mol. The van der Waals surface area contributed by atoms with E-state index in [2.05, 4.69) is 11.6 Å². The summed E-state index contributed by atoms with van der Waals surface area (Å²) in [7, 11) is 1.64. The summed E-state index contributed by atoms with van der Waals surface area (Å²) in [5.41, 5.74) is 2.73. The lowest BCUT2D eigenvalue weighted by molar-refractivity contribution is 0.148. The molecule has 2 aromatic carbocycles. The Kier molecular flexibility index (Phi) is 3.60. The van der Waals surface area contributed by atoms with Crippen molar-refractivity contribution in [2.24, 2.45) is 0 Å². The summed E-state index contributed by atoms with van der Waals surface area (Å²) in [5, 5.41) is 0. The van der Waals surface area contributed by atoms with Crippen LogP contribution in [0.1, 0.15) is 0 Å². The minimum atomic E-state index is 0.405. The lowest BCUT2D eigenvalue weighted by Gasteiger charge is -2.09. The average molecular weight is 280 g/mol. The number of hydrogen-bond acceptors (Lipinski definition) is 3. The quantitative estimate of drug-likeness (QED) is 0.673. The van der Waals surface area contributed by atoms with E-state index in [1.807, 2.05) is 48.5 Å². The molecule has 0 aliphatic heterocycles. The molecule has 3 aromatic rings. The zero-order valence-corrected chi connectivity index (χ0v) is 11.8. The third kappa shape index (κ3) is 2.48. The monoisotopic (exact) mass is 280 g/mol. The van der Waals surface area contributed by atoms with Crippen molar-refractivity contribution in [2.45, 2.75) is 0 Å². The second-order valence-corrected chi connectivity index (χ2v) is 4.53. The number of benzene rings is 2. The van der Waals surface area contributed by atoms with Gasteiger partial charge in [-0.3, -0.25) is 0 Å². The van der Waals surface area contributed by atoms with Crippen LogP contribution < -0.4 is 9.57 Å². The summed E-state index contributed by atoms with van der Waals surface area (Å²) in [6, 6.07) is 15.7. The van der Waals surface area contributed by atoms with Crippen LogP contribution in [0.3, 0.4) is 0 Å². The number of ether oxygens (including phenoxy) is 1. The predicted octanol–water partition coefficient (Wildman–Crippen LogP) is 3.33. The van der Waals surface area contributed by atoms with Crippen LogP contribution >= 0.6 is 0 Å². The van der Waals surface area contributed by atoms with Crippen LogP contribution in [-0.2, 0) is 0 Å². The van der Waals surface area contributed by atoms with E-state index in [9.17, 15) is 0 Å². The highest BCUT2D eigenvalue weighted by Gasteiger charge is 2.14. The number of methoxy groups -OCH3 is 1. The molecule has 0 aliphatic rings. The minimum Gasteiger partial charge on any atom is -0.497 e. The Morgan fingerprint density at radius 1 is 1.19 bits per heavy atom. The molecule has 0 bridgehead atoms. The third-order valence-corrected chi connectivity index (χ3v) is 3.17. The van der Waals surface area contributed by atoms with Gasteiger partial charge < -0.3 is 9.57 Å². The maximum Gasteiger partial charge on any atom is 0.176 e. The largest absolute Gasteiger partial charge is 0.497 e. The minimum absolute atomic E-state index is 0.405. The first-order valence-corrected chi connectivity index (χ1v) is 6.69.